The third-order valence-electron chi connectivity index (χ3n) is 7.28. The Kier molecular flexibility index (Phi) is 6.81. The van der Waals surface area contributed by atoms with Crippen molar-refractivity contribution < 1.29 is 9.59 Å². The minimum Gasteiger partial charge on any atom is -0.340 e. The second kappa shape index (κ2) is 10.6. The number of anilines is 1. The number of nitrogens with one attached hydrogen (secondary N) is 1. The Labute approximate surface area is 231 Å². The monoisotopic (exact) mass is 538 g/mol. The molecular weight excluding hydrogens is 512 g/mol. The van der Waals surface area contributed by atoms with Gasteiger partial charge in [-0.3, -0.25) is 24.5 Å². The van der Waals surface area contributed by atoms with Gasteiger partial charge in [0.1, 0.15) is 5.92 Å². The highest BCUT2D eigenvalue weighted by Gasteiger charge is 2.35. The average molecular weight is 539 g/mol. The number of benzene rings is 3. The summed E-state index contributed by atoms with van der Waals surface area (Å²) in [4.78, 5) is 44.0. The van der Waals surface area contributed by atoms with Crippen molar-refractivity contribution in [1.82, 2.24) is 19.8 Å². The topological polar surface area (TPSA) is 90.8 Å². The van der Waals surface area contributed by atoms with Gasteiger partial charge in [0.05, 0.1) is 28.9 Å². The van der Waals surface area contributed by atoms with E-state index in [1.165, 1.54) is 0 Å². The number of fused-ring (bicyclic) bond motifs is 2. The third-order valence-corrected chi connectivity index (χ3v) is 7.52. The molecule has 9 heteroatoms. The molecule has 0 spiro atoms. The molecular formula is C30H27ClN6O2. The van der Waals surface area contributed by atoms with Crippen LogP contribution in [0.25, 0.3) is 11.0 Å². The second-order valence-corrected chi connectivity index (χ2v) is 10.4. The van der Waals surface area contributed by atoms with Crippen molar-refractivity contribution in [2.45, 2.75) is 12.3 Å². The zero-order chi connectivity index (χ0) is 26.9. The van der Waals surface area contributed by atoms with Crippen LogP contribution in [0.5, 0.6) is 0 Å². The molecule has 39 heavy (non-hydrogen) atoms. The van der Waals surface area contributed by atoms with Gasteiger partial charge in [-0.25, -0.2) is 0 Å². The van der Waals surface area contributed by atoms with Gasteiger partial charge in [0, 0.05) is 49.3 Å². The molecule has 1 atom stereocenters. The fourth-order valence-electron chi connectivity index (χ4n) is 5.09. The van der Waals surface area contributed by atoms with Crippen LogP contribution in [0.4, 0.5) is 11.4 Å². The Balaban J connectivity index is 1.33. The van der Waals surface area contributed by atoms with Crippen LogP contribution in [0.3, 0.4) is 0 Å². The number of rotatable bonds is 5. The van der Waals surface area contributed by atoms with Gasteiger partial charge in [-0.15, -0.1) is 0 Å². The van der Waals surface area contributed by atoms with Crippen molar-refractivity contribution in [3.8, 4) is 0 Å². The van der Waals surface area contributed by atoms with Gasteiger partial charge in [-0.1, -0.05) is 35.9 Å². The van der Waals surface area contributed by atoms with Crippen molar-refractivity contribution in [1.29, 1.82) is 0 Å². The van der Waals surface area contributed by atoms with Gasteiger partial charge in [0.2, 0.25) is 11.8 Å². The molecule has 1 N–H and O–H groups in total. The van der Waals surface area contributed by atoms with Crippen LogP contribution >= 0.6 is 11.6 Å². The summed E-state index contributed by atoms with van der Waals surface area (Å²) < 4.78 is 0. The first kappa shape index (κ1) is 25.2. The van der Waals surface area contributed by atoms with Gasteiger partial charge in [-0.05, 0) is 60.1 Å². The smallest absolute Gasteiger partial charge is 0.238 e. The fourth-order valence-corrected chi connectivity index (χ4v) is 5.27. The summed E-state index contributed by atoms with van der Waals surface area (Å²) in [7, 11) is 2.07. The predicted molar refractivity (Wildman–Crippen MR) is 153 cm³/mol. The van der Waals surface area contributed by atoms with Crippen molar-refractivity contribution in [3.63, 3.8) is 0 Å². The largest absolute Gasteiger partial charge is 0.340 e. The molecule has 6 rings (SSSR count). The van der Waals surface area contributed by atoms with Gasteiger partial charge < -0.3 is 15.1 Å². The van der Waals surface area contributed by atoms with Crippen LogP contribution in [0.2, 0.25) is 5.02 Å². The van der Waals surface area contributed by atoms with Gasteiger partial charge >= 0.3 is 0 Å². The van der Waals surface area contributed by atoms with Crippen molar-refractivity contribution in [3.05, 3.63) is 94.8 Å². The molecule has 1 saturated heterocycles. The summed E-state index contributed by atoms with van der Waals surface area (Å²) in [5, 5.41) is 3.50. The summed E-state index contributed by atoms with van der Waals surface area (Å²) >= 11 is 6.19. The van der Waals surface area contributed by atoms with Gasteiger partial charge in [0.15, 0.2) is 0 Å². The molecule has 4 aromatic rings. The lowest BCUT2D eigenvalue weighted by atomic mass is 9.90. The van der Waals surface area contributed by atoms with E-state index in [4.69, 9.17) is 16.6 Å². The summed E-state index contributed by atoms with van der Waals surface area (Å²) in [6.45, 7) is 3.31. The molecule has 0 saturated carbocycles. The molecule has 1 aromatic heterocycles. The summed E-state index contributed by atoms with van der Waals surface area (Å²) in [6.07, 6.45) is 3.64. The maximum atomic E-state index is 13.2. The SMILES string of the molecule is CN1CCN(C(=O)Cc2ccc(N=C(c3ccc4nccnc4c3)C3C(=O)Nc4cc(Cl)ccc43)cc2)CC1. The number of nitrogens with zero attached hydrogens (tertiary/aromatic N) is 5. The Morgan fingerprint density at radius 2 is 1.72 bits per heavy atom. The number of carbonyl (C=O) groups is 2. The lowest BCUT2D eigenvalue weighted by Crippen LogP contribution is -2.47. The summed E-state index contributed by atoms with van der Waals surface area (Å²) in [5.41, 5.74) is 5.98. The van der Waals surface area contributed by atoms with Crippen molar-refractivity contribution in [2.24, 2.45) is 4.99 Å². The maximum absolute atomic E-state index is 13.2. The van der Waals surface area contributed by atoms with Crippen LogP contribution < -0.4 is 5.32 Å². The van der Waals surface area contributed by atoms with E-state index in [2.05, 4.69) is 27.2 Å². The third kappa shape index (κ3) is 5.26. The number of amides is 2. The van der Waals surface area contributed by atoms with Gasteiger partial charge in [-0.2, -0.15) is 0 Å². The van der Waals surface area contributed by atoms with E-state index < -0.39 is 5.92 Å². The Morgan fingerprint density at radius 3 is 2.49 bits per heavy atom. The molecule has 0 radical (unpaired) electrons. The summed E-state index contributed by atoms with van der Waals surface area (Å²) in [6, 6.07) is 18.8. The molecule has 0 aliphatic carbocycles. The normalized spacial score (nSPS) is 17.8. The van der Waals surface area contributed by atoms with Crippen LogP contribution in [0, 0.1) is 0 Å². The zero-order valence-corrected chi connectivity index (χ0v) is 22.2. The Morgan fingerprint density at radius 1 is 0.974 bits per heavy atom. The Hall–Kier alpha value is -4.14. The first-order chi connectivity index (χ1) is 18.9. The zero-order valence-electron chi connectivity index (χ0n) is 21.5. The predicted octanol–water partition coefficient (Wildman–Crippen LogP) is 4.46. The number of aliphatic imine (C=N–C) groups is 1. The highest BCUT2D eigenvalue weighted by molar-refractivity contribution is 6.31. The van der Waals surface area contributed by atoms with E-state index in [1.54, 1.807) is 24.5 Å². The molecule has 2 amide bonds. The lowest BCUT2D eigenvalue weighted by molar-refractivity contribution is -0.132. The number of piperazine rings is 1. The first-order valence-corrected chi connectivity index (χ1v) is 13.3. The molecule has 2 aliphatic heterocycles. The van der Waals surface area contributed by atoms with E-state index in [0.29, 0.717) is 28.5 Å². The highest BCUT2D eigenvalue weighted by Crippen LogP contribution is 2.38. The molecule has 1 fully saturated rings. The number of hydrogen-bond acceptors (Lipinski definition) is 6. The Bertz CT molecular complexity index is 1600. The van der Waals surface area contributed by atoms with E-state index in [0.717, 1.165) is 53.9 Å². The fraction of sp³-hybridized carbons (Fsp3) is 0.233. The maximum Gasteiger partial charge on any atom is 0.238 e. The molecule has 1 unspecified atom stereocenters. The van der Waals surface area contributed by atoms with Crippen LogP contribution in [0.15, 0.2) is 78.0 Å². The molecule has 2 aliphatic rings. The highest BCUT2D eigenvalue weighted by atomic mass is 35.5. The number of carbonyl (C=O) groups excluding carboxylic acids is 2. The standard InChI is InChI=1S/C30H27ClN6O2/c1-36-12-14-37(15-13-36)27(38)16-19-2-6-22(7-3-19)34-29(20-4-9-24-26(17-20)33-11-10-32-24)28-23-8-5-21(31)18-25(23)35-30(28)39/h2-11,17-18,28H,12-16H2,1H3,(H,35,39). The van der Waals surface area contributed by atoms with Crippen LogP contribution in [-0.4, -0.2) is 70.5 Å². The molecule has 0 bridgehead atoms. The number of likely N-dealkylation sites (N-methyl/N-ethyl adjacent to an activating group) is 1. The lowest BCUT2D eigenvalue weighted by Gasteiger charge is -2.32. The van der Waals surface area contributed by atoms with E-state index in [-0.39, 0.29) is 11.8 Å². The summed E-state index contributed by atoms with van der Waals surface area (Å²) in [5.74, 6) is -0.653. The minimum atomic E-state index is -0.620. The van der Waals surface area contributed by atoms with Crippen LogP contribution in [0.1, 0.15) is 22.6 Å². The first-order valence-electron chi connectivity index (χ1n) is 12.9. The number of hydrogen-bond donors (Lipinski definition) is 1. The molecule has 8 nitrogen and oxygen atoms in total. The van der Waals surface area contributed by atoms with Gasteiger partial charge in [0.25, 0.3) is 0 Å². The molecule has 196 valence electrons. The second-order valence-electron chi connectivity index (χ2n) is 9.94. The number of halogens is 1. The quantitative estimate of drug-likeness (QED) is 0.379. The number of aromatic nitrogens is 2. The van der Waals surface area contributed by atoms with E-state index in [9.17, 15) is 9.59 Å². The van der Waals surface area contributed by atoms with E-state index >= 15 is 0 Å². The van der Waals surface area contributed by atoms with Crippen LogP contribution in [-0.2, 0) is 16.0 Å². The average Bonchev–Trinajstić information content (AvgIpc) is 3.27. The van der Waals surface area contributed by atoms with Crippen molar-refractivity contribution in [2.75, 3.05) is 38.5 Å². The molecule has 3 aromatic carbocycles. The molecule has 3 heterocycles. The van der Waals surface area contributed by atoms with Crippen molar-refractivity contribution >= 4 is 51.5 Å². The van der Waals surface area contributed by atoms with E-state index in [1.807, 2.05) is 53.4 Å². The minimum absolute atomic E-state index is 0.134.